The fourth-order valence-corrected chi connectivity index (χ4v) is 2.65. The first-order valence-electron chi connectivity index (χ1n) is 6.52. The minimum absolute atomic E-state index is 0. The van der Waals surface area contributed by atoms with E-state index in [0.29, 0.717) is 6.42 Å². The highest BCUT2D eigenvalue weighted by Crippen LogP contribution is 2.21. The zero-order chi connectivity index (χ0) is 13.9. The van der Waals surface area contributed by atoms with Gasteiger partial charge in [-0.15, -0.1) is 24.2 Å². The van der Waals surface area contributed by atoms with Gasteiger partial charge < -0.3 is 10.6 Å². The summed E-state index contributed by atoms with van der Waals surface area (Å²) in [6.45, 7) is 1.71. The first-order chi connectivity index (χ1) is 9.22. The molecule has 1 amide bonds. The van der Waals surface area contributed by atoms with Crippen molar-refractivity contribution >= 4 is 46.0 Å². The summed E-state index contributed by atoms with van der Waals surface area (Å²) in [5.41, 5.74) is 0. The molecule has 0 radical (unpaired) electrons. The van der Waals surface area contributed by atoms with Gasteiger partial charge in [0, 0.05) is 22.3 Å². The smallest absolute Gasteiger partial charge is 0.220 e. The highest BCUT2D eigenvalue weighted by molar-refractivity contribution is 9.10. The second kappa shape index (κ2) is 12.5. The Kier molecular flexibility index (Phi) is 12.4. The third-order valence-corrected chi connectivity index (χ3v) is 4.18. The molecular weight excluding hydrogens is 360 g/mol. The normalized spacial score (nSPS) is 9.90. The molecule has 2 N–H and O–H groups in total. The first kappa shape index (κ1) is 19.8. The van der Waals surface area contributed by atoms with Gasteiger partial charge in [0.15, 0.2) is 0 Å². The van der Waals surface area contributed by atoms with Crippen LogP contribution >= 0.6 is 40.1 Å². The molecule has 6 heteroatoms. The van der Waals surface area contributed by atoms with Gasteiger partial charge in [0.25, 0.3) is 0 Å². The Hall–Kier alpha value is -0.230. The van der Waals surface area contributed by atoms with Crippen molar-refractivity contribution in [2.45, 2.75) is 24.2 Å². The summed E-state index contributed by atoms with van der Waals surface area (Å²) >= 11 is 5.21. The van der Waals surface area contributed by atoms with Crippen LogP contribution in [0.15, 0.2) is 33.6 Å². The molecule has 1 aromatic rings. The maximum Gasteiger partial charge on any atom is 0.220 e. The number of amides is 1. The summed E-state index contributed by atoms with van der Waals surface area (Å²) in [7, 11) is 1.92. The van der Waals surface area contributed by atoms with Gasteiger partial charge in [0.05, 0.1) is 0 Å². The van der Waals surface area contributed by atoms with Crippen molar-refractivity contribution in [2.75, 3.05) is 25.9 Å². The Bertz CT molecular complexity index is 376. The molecule has 0 aliphatic heterocycles. The maximum absolute atomic E-state index is 11.5. The zero-order valence-electron chi connectivity index (χ0n) is 11.7. The number of carbonyl (C=O) groups excluding carboxylic acids is 1. The van der Waals surface area contributed by atoms with Gasteiger partial charge >= 0.3 is 0 Å². The predicted molar refractivity (Wildman–Crippen MR) is 92.9 cm³/mol. The van der Waals surface area contributed by atoms with Gasteiger partial charge in [-0.3, -0.25) is 4.79 Å². The Morgan fingerprint density at radius 1 is 1.20 bits per heavy atom. The molecule has 0 saturated carbocycles. The van der Waals surface area contributed by atoms with E-state index >= 15 is 0 Å². The lowest BCUT2D eigenvalue weighted by Crippen LogP contribution is -2.26. The summed E-state index contributed by atoms with van der Waals surface area (Å²) in [5, 5.41) is 5.99. The van der Waals surface area contributed by atoms with Crippen LogP contribution in [0.3, 0.4) is 0 Å². The molecule has 0 aliphatic carbocycles. The lowest BCUT2D eigenvalue weighted by atomic mass is 10.3. The van der Waals surface area contributed by atoms with Gasteiger partial charge in [0.1, 0.15) is 0 Å². The molecule has 0 atom stereocenters. The van der Waals surface area contributed by atoms with Crippen LogP contribution in [0.25, 0.3) is 0 Å². The van der Waals surface area contributed by atoms with Crippen LogP contribution in [-0.2, 0) is 4.79 Å². The maximum atomic E-state index is 11.5. The largest absolute Gasteiger partial charge is 0.356 e. The average Bonchev–Trinajstić information content (AvgIpc) is 2.42. The third-order valence-electron chi connectivity index (χ3n) is 2.56. The Morgan fingerprint density at radius 3 is 2.55 bits per heavy atom. The number of halogens is 2. The van der Waals surface area contributed by atoms with E-state index in [4.69, 9.17) is 0 Å². The minimum Gasteiger partial charge on any atom is -0.356 e. The highest BCUT2D eigenvalue weighted by Gasteiger charge is 2.01. The van der Waals surface area contributed by atoms with Gasteiger partial charge in [-0.2, -0.15) is 0 Å². The monoisotopic (exact) mass is 380 g/mol. The van der Waals surface area contributed by atoms with Crippen molar-refractivity contribution in [3.05, 3.63) is 28.7 Å². The molecule has 0 saturated heterocycles. The van der Waals surface area contributed by atoms with Crippen LogP contribution in [0.1, 0.15) is 19.3 Å². The van der Waals surface area contributed by atoms with Crippen molar-refractivity contribution in [3.8, 4) is 0 Å². The van der Waals surface area contributed by atoms with E-state index in [9.17, 15) is 4.79 Å². The van der Waals surface area contributed by atoms with Crippen molar-refractivity contribution in [2.24, 2.45) is 0 Å². The van der Waals surface area contributed by atoms with Gasteiger partial charge in [-0.05, 0) is 56.5 Å². The van der Waals surface area contributed by atoms with Gasteiger partial charge in [-0.25, -0.2) is 0 Å². The molecule has 1 rings (SSSR count). The van der Waals surface area contributed by atoms with Crippen LogP contribution < -0.4 is 10.6 Å². The molecule has 0 aromatic heterocycles. The quantitative estimate of drug-likeness (QED) is 0.508. The van der Waals surface area contributed by atoms with Crippen LogP contribution in [0, 0.1) is 0 Å². The van der Waals surface area contributed by atoms with Gasteiger partial charge in [0.2, 0.25) is 5.91 Å². The highest BCUT2D eigenvalue weighted by atomic mass is 79.9. The molecule has 114 valence electrons. The van der Waals surface area contributed by atoms with Crippen molar-refractivity contribution in [1.82, 2.24) is 10.6 Å². The van der Waals surface area contributed by atoms with E-state index in [0.717, 1.165) is 36.2 Å². The van der Waals surface area contributed by atoms with Crippen LogP contribution in [0.2, 0.25) is 0 Å². The second-order valence-electron chi connectivity index (χ2n) is 4.21. The van der Waals surface area contributed by atoms with Crippen LogP contribution in [0.4, 0.5) is 0 Å². The van der Waals surface area contributed by atoms with E-state index in [1.807, 2.05) is 19.2 Å². The SMILES string of the molecule is CNCCCNC(=O)CCCSc1ccc(Br)cc1.Cl. The second-order valence-corrected chi connectivity index (χ2v) is 6.30. The molecule has 0 fully saturated rings. The fraction of sp³-hybridized carbons (Fsp3) is 0.500. The Labute approximate surface area is 140 Å². The predicted octanol–water partition coefficient (Wildman–Crippen LogP) is 3.47. The molecule has 20 heavy (non-hydrogen) atoms. The summed E-state index contributed by atoms with van der Waals surface area (Å²) in [6, 6.07) is 8.26. The van der Waals surface area contributed by atoms with Crippen molar-refractivity contribution < 1.29 is 4.79 Å². The summed E-state index contributed by atoms with van der Waals surface area (Å²) in [4.78, 5) is 12.8. The van der Waals surface area contributed by atoms with E-state index in [1.54, 1.807) is 11.8 Å². The number of nitrogens with one attached hydrogen (secondary N) is 2. The molecule has 0 aliphatic rings. The lowest BCUT2D eigenvalue weighted by Gasteiger charge is -2.05. The van der Waals surface area contributed by atoms with E-state index in [2.05, 4.69) is 38.7 Å². The topological polar surface area (TPSA) is 41.1 Å². The van der Waals surface area contributed by atoms with E-state index in [1.165, 1.54) is 4.90 Å². The molecule has 0 spiro atoms. The zero-order valence-corrected chi connectivity index (χ0v) is 14.9. The molecule has 0 heterocycles. The Morgan fingerprint density at radius 2 is 1.90 bits per heavy atom. The fourth-order valence-electron chi connectivity index (χ4n) is 1.53. The number of benzene rings is 1. The van der Waals surface area contributed by atoms with Gasteiger partial charge in [-0.1, -0.05) is 15.9 Å². The Balaban J connectivity index is 0.00000361. The summed E-state index contributed by atoms with van der Waals surface area (Å²) in [6.07, 6.45) is 2.51. The molecule has 1 aromatic carbocycles. The lowest BCUT2D eigenvalue weighted by molar-refractivity contribution is -0.121. The van der Waals surface area contributed by atoms with Crippen LogP contribution in [0.5, 0.6) is 0 Å². The number of rotatable bonds is 9. The minimum atomic E-state index is 0. The number of hydrogen-bond acceptors (Lipinski definition) is 3. The third kappa shape index (κ3) is 9.64. The molecule has 0 unspecified atom stereocenters. The van der Waals surface area contributed by atoms with E-state index in [-0.39, 0.29) is 18.3 Å². The summed E-state index contributed by atoms with van der Waals surface area (Å²) in [5.74, 6) is 1.14. The summed E-state index contributed by atoms with van der Waals surface area (Å²) < 4.78 is 1.10. The first-order valence-corrected chi connectivity index (χ1v) is 8.30. The average molecular weight is 382 g/mol. The van der Waals surface area contributed by atoms with Crippen molar-refractivity contribution in [1.29, 1.82) is 0 Å². The molecule has 0 bridgehead atoms. The van der Waals surface area contributed by atoms with Crippen molar-refractivity contribution in [3.63, 3.8) is 0 Å². The number of thioether (sulfide) groups is 1. The standard InChI is InChI=1S/C14H21BrN2OS.ClH/c1-16-9-3-10-17-14(18)4-2-11-19-13-7-5-12(15)6-8-13;/h5-8,16H,2-4,9-11H2,1H3,(H,17,18);1H. The molecule has 3 nitrogen and oxygen atoms in total. The van der Waals surface area contributed by atoms with Crippen LogP contribution in [-0.4, -0.2) is 31.8 Å². The number of hydrogen-bond donors (Lipinski definition) is 2. The molecular formula is C14H22BrClN2OS. The number of carbonyl (C=O) groups is 1. The van der Waals surface area contributed by atoms with E-state index < -0.39 is 0 Å².